The summed E-state index contributed by atoms with van der Waals surface area (Å²) < 4.78 is 1.24. The molecule has 0 radical (unpaired) electrons. The summed E-state index contributed by atoms with van der Waals surface area (Å²) in [6, 6.07) is 27.6. The molecule has 0 heterocycles. The third-order valence-corrected chi connectivity index (χ3v) is 4.31. The molecule has 0 aromatic heterocycles. The van der Waals surface area contributed by atoms with Crippen molar-refractivity contribution in [2.45, 2.75) is 6.92 Å². The van der Waals surface area contributed by atoms with E-state index in [0.717, 1.165) is 0 Å². The van der Waals surface area contributed by atoms with E-state index in [9.17, 15) is 0 Å². The first-order valence-corrected chi connectivity index (χ1v) is 8.00. The second-order valence-electron chi connectivity index (χ2n) is 4.96. The molecule has 0 spiro atoms. The van der Waals surface area contributed by atoms with Crippen LogP contribution < -0.4 is 4.90 Å². The summed E-state index contributed by atoms with van der Waals surface area (Å²) in [5, 5.41) is 0. The van der Waals surface area contributed by atoms with Gasteiger partial charge in [-0.1, -0.05) is 48.0 Å². The van der Waals surface area contributed by atoms with Crippen LogP contribution in [0.15, 0.2) is 78.9 Å². The fourth-order valence-electron chi connectivity index (χ4n) is 2.33. The number of nitrogens with zero attached hydrogens (tertiary/aromatic N) is 1. The molecule has 0 amide bonds. The number of halogens is 1. The quantitative estimate of drug-likeness (QED) is 0.495. The lowest BCUT2D eigenvalue weighted by molar-refractivity contribution is 1.26. The molecule has 0 unspecified atom stereocenters. The van der Waals surface area contributed by atoms with Gasteiger partial charge in [0, 0.05) is 14.9 Å². The highest BCUT2D eigenvalue weighted by Crippen LogP contribution is 2.36. The first-order valence-electron chi connectivity index (χ1n) is 6.92. The normalized spacial score (nSPS) is 10.4. The SMILES string of the molecule is Cc1ccc(N(c2ccccc2)c2ccccc2I)cc1. The van der Waals surface area contributed by atoms with Crippen LogP contribution in [0.2, 0.25) is 0 Å². The van der Waals surface area contributed by atoms with Crippen molar-refractivity contribution in [3.63, 3.8) is 0 Å². The summed E-state index contributed by atoms with van der Waals surface area (Å²) in [7, 11) is 0. The Bertz CT molecular complexity index is 720. The van der Waals surface area contributed by atoms with Gasteiger partial charge < -0.3 is 4.90 Å². The average Bonchev–Trinajstić information content (AvgIpc) is 2.52. The van der Waals surface area contributed by atoms with Gasteiger partial charge in [0.15, 0.2) is 0 Å². The summed E-state index contributed by atoms with van der Waals surface area (Å²) in [6.45, 7) is 2.11. The van der Waals surface area contributed by atoms with Gasteiger partial charge in [0.2, 0.25) is 0 Å². The monoisotopic (exact) mass is 385 g/mol. The predicted octanol–water partition coefficient (Wildman–Crippen LogP) is 6.07. The third-order valence-electron chi connectivity index (χ3n) is 3.40. The molecular weight excluding hydrogens is 369 g/mol. The Balaban J connectivity index is 2.16. The van der Waals surface area contributed by atoms with Gasteiger partial charge in [-0.25, -0.2) is 0 Å². The summed E-state index contributed by atoms with van der Waals surface area (Å²) in [5.41, 5.74) is 4.82. The van der Waals surface area contributed by atoms with E-state index in [0.29, 0.717) is 0 Å². The largest absolute Gasteiger partial charge is 0.309 e. The van der Waals surface area contributed by atoms with Crippen LogP contribution in [0.5, 0.6) is 0 Å². The van der Waals surface area contributed by atoms with E-state index in [1.807, 2.05) is 6.07 Å². The first-order chi connectivity index (χ1) is 10.3. The van der Waals surface area contributed by atoms with E-state index in [1.54, 1.807) is 0 Å². The Hall–Kier alpha value is -1.81. The third kappa shape index (κ3) is 3.10. The summed E-state index contributed by atoms with van der Waals surface area (Å²) in [5.74, 6) is 0. The fraction of sp³-hybridized carbons (Fsp3) is 0.0526. The Morgan fingerprint density at radius 1 is 0.667 bits per heavy atom. The summed E-state index contributed by atoms with van der Waals surface area (Å²) in [6.07, 6.45) is 0. The number of anilines is 3. The topological polar surface area (TPSA) is 3.24 Å². The zero-order chi connectivity index (χ0) is 14.7. The molecule has 2 heteroatoms. The number of rotatable bonds is 3. The Morgan fingerprint density at radius 3 is 1.90 bits per heavy atom. The first kappa shape index (κ1) is 14.1. The molecule has 0 fully saturated rings. The molecule has 104 valence electrons. The van der Waals surface area contributed by atoms with Crippen LogP contribution in [0.25, 0.3) is 0 Å². The highest BCUT2D eigenvalue weighted by Gasteiger charge is 2.13. The molecular formula is C19H16IN. The zero-order valence-electron chi connectivity index (χ0n) is 11.8. The molecule has 1 nitrogen and oxygen atoms in total. The van der Waals surface area contributed by atoms with Gasteiger partial charge in [0.05, 0.1) is 5.69 Å². The van der Waals surface area contributed by atoms with Crippen molar-refractivity contribution >= 4 is 39.7 Å². The summed E-state index contributed by atoms with van der Waals surface area (Å²) in [4.78, 5) is 2.29. The standard InChI is InChI=1S/C19H16IN/c1-15-11-13-17(14-12-15)21(16-7-3-2-4-8-16)19-10-6-5-9-18(19)20/h2-14H,1H3. The van der Waals surface area contributed by atoms with Gasteiger partial charge in [-0.3, -0.25) is 0 Å². The van der Waals surface area contributed by atoms with Gasteiger partial charge in [0.1, 0.15) is 0 Å². The minimum absolute atomic E-state index is 1.17. The van der Waals surface area contributed by atoms with E-state index in [1.165, 1.54) is 26.2 Å². The molecule has 3 aromatic carbocycles. The van der Waals surface area contributed by atoms with E-state index in [-0.39, 0.29) is 0 Å². The molecule has 0 saturated carbocycles. The van der Waals surface area contributed by atoms with Crippen molar-refractivity contribution in [3.05, 3.63) is 88.0 Å². The number of para-hydroxylation sites is 2. The number of benzene rings is 3. The maximum atomic E-state index is 2.39. The van der Waals surface area contributed by atoms with Crippen LogP contribution in [0.4, 0.5) is 17.1 Å². The van der Waals surface area contributed by atoms with Crippen molar-refractivity contribution < 1.29 is 0 Å². The lowest BCUT2D eigenvalue weighted by Crippen LogP contribution is -2.11. The molecule has 21 heavy (non-hydrogen) atoms. The van der Waals surface area contributed by atoms with E-state index < -0.39 is 0 Å². The van der Waals surface area contributed by atoms with Crippen LogP contribution in [0, 0.1) is 10.5 Å². The highest BCUT2D eigenvalue weighted by atomic mass is 127. The number of aryl methyl sites for hydroxylation is 1. The van der Waals surface area contributed by atoms with Gasteiger partial charge >= 0.3 is 0 Å². The molecule has 0 saturated heterocycles. The molecule has 0 aliphatic heterocycles. The minimum Gasteiger partial charge on any atom is -0.309 e. The van der Waals surface area contributed by atoms with E-state index >= 15 is 0 Å². The van der Waals surface area contributed by atoms with Gasteiger partial charge in [-0.2, -0.15) is 0 Å². The molecule has 0 aliphatic carbocycles. The van der Waals surface area contributed by atoms with Crippen molar-refractivity contribution in [1.29, 1.82) is 0 Å². The maximum absolute atomic E-state index is 2.39. The van der Waals surface area contributed by atoms with Gasteiger partial charge in [-0.15, -0.1) is 0 Å². The predicted molar refractivity (Wildman–Crippen MR) is 98.6 cm³/mol. The minimum atomic E-state index is 1.17. The van der Waals surface area contributed by atoms with Crippen LogP contribution in [-0.4, -0.2) is 0 Å². The maximum Gasteiger partial charge on any atom is 0.0595 e. The molecule has 0 atom stereocenters. The van der Waals surface area contributed by atoms with Crippen LogP contribution in [0.3, 0.4) is 0 Å². The number of hydrogen-bond acceptors (Lipinski definition) is 1. The van der Waals surface area contributed by atoms with E-state index in [2.05, 4.69) is 107 Å². The molecule has 0 bridgehead atoms. The lowest BCUT2D eigenvalue weighted by Gasteiger charge is -2.26. The molecule has 3 aromatic rings. The summed E-state index contributed by atoms with van der Waals surface area (Å²) >= 11 is 2.39. The second kappa shape index (κ2) is 6.31. The smallest absolute Gasteiger partial charge is 0.0595 e. The van der Waals surface area contributed by atoms with Crippen molar-refractivity contribution in [1.82, 2.24) is 0 Å². The Kier molecular flexibility index (Phi) is 4.25. The molecule has 0 aliphatic rings. The fourth-order valence-corrected chi connectivity index (χ4v) is 2.96. The van der Waals surface area contributed by atoms with Crippen molar-refractivity contribution in [2.24, 2.45) is 0 Å². The van der Waals surface area contributed by atoms with Gasteiger partial charge in [0.25, 0.3) is 0 Å². The molecule has 0 N–H and O–H groups in total. The lowest BCUT2D eigenvalue weighted by atomic mass is 10.1. The van der Waals surface area contributed by atoms with Crippen molar-refractivity contribution in [3.8, 4) is 0 Å². The van der Waals surface area contributed by atoms with Crippen LogP contribution in [-0.2, 0) is 0 Å². The number of hydrogen-bond donors (Lipinski definition) is 0. The van der Waals surface area contributed by atoms with E-state index in [4.69, 9.17) is 0 Å². The Labute approximate surface area is 139 Å². The zero-order valence-corrected chi connectivity index (χ0v) is 14.0. The van der Waals surface area contributed by atoms with Crippen LogP contribution >= 0.6 is 22.6 Å². The van der Waals surface area contributed by atoms with Crippen LogP contribution in [0.1, 0.15) is 5.56 Å². The average molecular weight is 385 g/mol. The van der Waals surface area contributed by atoms with Gasteiger partial charge in [-0.05, 0) is 65.9 Å². The van der Waals surface area contributed by atoms with Crippen molar-refractivity contribution in [2.75, 3.05) is 4.90 Å². The molecule has 3 rings (SSSR count). The second-order valence-corrected chi connectivity index (χ2v) is 6.12. The Morgan fingerprint density at radius 2 is 1.24 bits per heavy atom. The highest BCUT2D eigenvalue weighted by molar-refractivity contribution is 14.1.